The van der Waals surface area contributed by atoms with Crippen molar-refractivity contribution in [1.29, 1.82) is 0 Å². The fourth-order valence-electron chi connectivity index (χ4n) is 2.69. The number of amides is 2. The predicted molar refractivity (Wildman–Crippen MR) is 86.9 cm³/mol. The Balaban J connectivity index is 1.84. The van der Waals surface area contributed by atoms with E-state index in [1.807, 2.05) is 50.2 Å². The van der Waals surface area contributed by atoms with Crippen LogP contribution in [0.3, 0.4) is 0 Å². The van der Waals surface area contributed by atoms with Gasteiger partial charge in [0.05, 0.1) is 12.1 Å². The second kappa shape index (κ2) is 5.64. The van der Waals surface area contributed by atoms with Crippen molar-refractivity contribution >= 4 is 23.2 Å². The first kappa shape index (κ1) is 14.3. The Bertz CT molecular complexity index is 725. The fourth-order valence-corrected chi connectivity index (χ4v) is 2.69. The van der Waals surface area contributed by atoms with Gasteiger partial charge in [-0.05, 0) is 43.2 Å². The number of benzene rings is 2. The van der Waals surface area contributed by atoms with Crippen molar-refractivity contribution in [2.45, 2.75) is 26.3 Å². The van der Waals surface area contributed by atoms with E-state index in [2.05, 4.69) is 5.32 Å². The van der Waals surface area contributed by atoms with Gasteiger partial charge in [0.25, 0.3) is 5.91 Å². The van der Waals surface area contributed by atoms with Gasteiger partial charge in [0.2, 0.25) is 5.91 Å². The van der Waals surface area contributed by atoms with E-state index in [4.69, 9.17) is 0 Å². The Labute approximate surface area is 129 Å². The van der Waals surface area contributed by atoms with Crippen molar-refractivity contribution in [3.63, 3.8) is 0 Å². The van der Waals surface area contributed by atoms with Crippen LogP contribution < -0.4 is 10.2 Å². The number of anilines is 2. The molecule has 0 unspecified atom stereocenters. The summed E-state index contributed by atoms with van der Waals surface area (Å²) in [5, 5.41) is 3.22. The molecule has 112 valence electrons. The molecule has 1 heterocycles. The lowest BCUT2D eigenvalue weighted by Gasteiger charge is -2.17. The highest BCUT2D eigenvalue weighted by molar-refractivity contribution is 6.23. The monoisotopic (exact) mass is 294 g/mol. The van der Waals surface area contributed by atoms with E-state index in [0.29, 0.717) is 5.69 Å². The molecule has 1 aliphatic rings. The molecule has 0 aliphatic carbocycles. The summed E-state index contributed by atoms with van der Waals surface area (Å²) in [6.07, 6.45) is 0.182. The van der Waals surface area contributed by atoms with E-state index in [0.717, 1.165) is 16.8 Å². The standard InChI is InChI=1S/C18H18N2O2/c1-12-7-6-10-15(13(12)2)19-16-11-17(21)20(18(16)22)14-8-4-3-5-9-14/h3-10,16,19H,11H2,1-2H3/t16-/m1/s1. The Morgan fingerprint density at radius 3 is 2.45 bits per heavy atom. The highest BCUT2D eigenvalue weighted by atomic mass is 16.2. The molecule has 3 rings (SSSR count). The highest BCUT2D eigenvalue weighted by Crippen LogP contribution is 2.26. The maximum atomic E-state index is 12.6. The largest absolute Gasteiger partial charge is 0.373 e. The number of rotatable bonds is 3. The Morgan fingerprint density at radius 2 is 1.73 bits per heavy atom. The van der Waals surface area contributed by atoms with Crippen molar-refractivity contribution in [1.82, 2.24) is 0 Å². The van der Waals surface area contributed by atoms with Crippen molar-refractivity contribution in [2.75, 3.05) is 10.2 Å². The van der Waals surface area contributed by atoms with Gasteiger partial charge in [0.15, 0.2) is 0 Å². The molecular formula is C18H18N2O2. The molecule has 2 aromatic carbocycles. The van der Waals surface area contributed by atoms with Crippen molar-refractivity contribution in [3.05, 3.63) is 59.7 Å². The normalized spacial score (nSPS) is 17.9. The molecule has 1 fully saturated rings. The predicted octanol–water partition coefficient (Wildman–Crippen LogP) is 3.05. The summed E-state index contributed by atoms with van der Waals surface area (Å²) in [6.45, 7) is 4.03. The summed E-state index contributed by atoms with van der Waals surface area (Å²) in [6, 6.07) is 14.5. The summed E-state index contributed by atoms with van der Waals surface area (Å²) >= 11 is 0. The first-order valence-corrected chi connectivity index (χ1v) is 7.32. The third-order valence-electron chi connectivity index (χ3n) is 4.10. The summed E-state index contributed by atoms with van der Waals surface area (Å²) in [5.74, 6) is -0.365. The van der Waals surface area contributed by atoms with Crippen molar-refractivity contribution in [3.8, 4) is 0 Å². The van der Waals surface area contributed by atoms with Gasteiger partial charge in [-0.3, -0.25) is 9.59 Å². The Kier molecular flexibility index (Phi) is 3.67. The molecule has 22 heavy (non-hydrogen) atoms. The summed E-state index contributed by atoms with van der Waals surface area (Å²) in [4.78, 5) is 26.0. The third-order valence-corrected chi connectivity index (χ3v) is 4.10. The summed E-state index contributed by atoms with van der Waals surface area (Å²) < 4.78 is 0. The van der Waals surface area contributed by atoms with Crippen LogP contribution in [-0.2, 0) is 9.59 Å². The molecule has 2 aromatic rings. The molecule has 0 aromatic heterocycles. The molecule has 1 saturated heterocycles. The highest BCUT2D eigenvalue weighted by Gasteiger charge is 2.39. The van der Waals surface area contributed by atoms with Crippen LogP contribution in [0.15, 0.2) is 48.5 Å². The Morgan fingerprint density at radius 1 is 1.00 bits per heavy atom. The number of aryl methyl sites for hydroxylation is 1. The van der Waals surface area contributed by atoms with Gasteiger partial charge in [-0.15, -0.1) is 0 Å². The van der Waals surface area contributed by atoms with Gasteiger partial charge >= 0.3 is 0 Å². The van der Waals surface area contributed by atoms with Gasteiger partial charge in [-0.2, -0.15) is 0 Å². The zero-order chi connectivity index (χ0) is 15.7. The van der Waals surface area contributed by atoms with Crippen LogP contribution in [0.25, 0.3) is 0 Å². The molecule has 4 heteroatoms. The molecule has 2 amide bonds. The smallest absolute Gasteiger partial charge is 0.256 e. The van der Waals surface area contributed by atoms with Crippen molar-refractivity contribution in [2.24, 2.45) is 0 Å². The quantitative estimate of drug-likeness (QED) is 0.885. The molecule has 1 N–H and O–H groups in total. The number of para-hydroxylation sites is 1. The van der Waals surface area contributed by atoms with E-state index in [1.54, 1.807) is 12.1 Å². The number of carbonyl (C=O) groups excluding carboxylic acids is 2. The van der Waals surface area contributed by atoms with Crippen LogP contribution in [0.5, 0.6) is 0 Å². The number of hydrogen-bond acceptors (Lipinski definition) is 3. The molecule has 0 saturated carbocycles. The van der Waals surface area contributed by atoms with E-state index in [1.165, 1.54) is 4.90 Å². The van der Waals surface area contributed by atoms with Gasteiger partial charge in [0, 0.05) is 5.69 Å². The number of nitrogens with one attached hydrogen (secondary N) is 1. The minimum Gasteiger partial charge on any atom is -0.373 e. The zero-order valence-electron chi connectivity index (χ0n) is 12.7. The molecule has 0 radical (unpaired) electrons. The average Bonchev–Trinajstić information content (AvgIpc) is 2.79. The lowest BCUT2D eigenvalue weighted by molar-refractivity contribution is -0.121. The lowest BCUT2D eigenvalue weighted by Crippen LogP contribution is -2.34. The molecule has 0 spiro atoms. The maximum absolute atomic E-state index is 12.6. The number of hydrogen-bond donors (Lipinski definition) is 1. The number of carbonyl (C=O) groups is 2. The van der Waals surface area contributed by atoms with Crippen LogP contribution in [0.2, 0.25) is 0 Å². The van der Waals surface area contributed by atoms with Crippen LogP contribution in [-0.4, -0.2) is 17.9 Å². The lowest BCUT2D eigenvalue weighted by atomic mass is 10.1. The Hall–Kier alpha value is -2.62. The SMILES string of the molecule is Cc1cccc(N[C@@H]2CC(=O)N(c3ccccc3)C2=O)c1C. The third kappa shape index (κ3) is 2.48. The first-order valence-electron chi connectivity index (χ1n) is 7.32. The average molecular weight is 294 g/mol. The second-order valence-corrected chi connectivity index (χ2v) is 5.55. The van der Waals surface area contributed by atoms with Crippen LogP contribution in [0.4, 0.5) is 11.4 Å². The summed E-state index contributed by atoms with van der Waals surface area (Å²) in [7, 11) is 0. The summed E-state index contributed by atoms with van der Waals surface area (Å²) in [5.41, 5.74) is 3.78. The van der Waals surface area contributed by atoms with Gasteiger partial charge < -0.3 is 5.32 Å². The minimum atomic E-state index is -0.506. The van der Waals surface area contributed by atoms with Crippen LogP contribution in [0.1, 0.15) is 17.5 Å². The molecule has 4 nitrogen and oxygen atoms in total. The fraction of sp³-hybridized carbons (Fsp3) is 0.222. The second-order valence-electron chi connectivity index (χ2n) is 5.55. The molecule has 0 bridgehead atoms. The molecular weight excluding hydrogens is 276 g/mol. The number of imide groups is 1. The van der Waals surface area contributed by atoms with Gasteiger partial charge in [0.1, 0.15) is 6.04 Å². The van der Waals surface area contributed by atoms with Gasteiger partial charge in [-0.1, -0.05) is 30.3 Å². The van der Waals surface area contributed by atoms with Crippen LogP contribution in [0, 0.1) is 13.8 Å². The minimum absolute atomic E-state index is 0.168. The molecule has 1 atom stereocenters. The van der Waals surface area contributed by atoms with Gasteiger partial charge in [-0.25, -0.2) is 4.90 Å². The van der Waals surface area contributed by atoms with E-state index < -0.39 is 6.04 Å². The molecule has 1 aliphatic heterocycles. The van der Waals surface area contributed by atoms with Crippen molar-refractivity contribution < 1.29 is 9.59 Å². The topological polar surface area (TPSA) is 49.4 Å². The zero-order valence-corrected chi connectivity index (χ0v) is 12.7. The number of nitrogens with zero attached hydrogens (tertiary/aromatic N) is 1. The van der Waals surface area contributed by atoms with E-state index >= 15 is 0 Å². The van der Waals surface area contributed by atoms with Crippen LogP contribution >= 0.6 is 0 Å². The van der Waals surface area contributed by atoms with E-state index in [9.17, 15) is 9.59 Å². The first-order chi connectivity index (χ1) is 10.6. The maximum Gasteiger partial charge on any atom is 0.256 e. The van der Waals surface area contributed by atoms with E-state index in [-0.39, 0.29) is 18.2 Å².